The van der Waals surface area contributed by atoms with Crippen LogP contribution in [0.1, 0.15) is 38.7 Å². The van der Waals surface area contributed by atoms with Crippen LogP contribution in [-0.4, -0.2) is 23.6 Å². The zero-order valence-corrected chi connectivity index (χ0v) is 16.3. The molecule has 0 aliphatic rings. The van der Waals surface area contributed by atoms with E-state index in [0.29, 0.717) is 12.5 Å². The molecule has 2 atom stereocenters. The number of amides is 2. The Morgan fingerprint density at radius 3 is 2.27 bits per heavy atom. The van der Waals surface area contributed by atoms with E-state index in [-0.39, 0.29) is 17.1 Å². The van der Waals surface area contributed by atoms with Crippen LogP contribution in [0.25, 0.3) is 0 Å². The van der Waals surface area contributed by atoms with Crippen molar-refractivity contribution in [1.82, 2.24) is 5.32 Å². The van der Waals surface area contributed by atoms with Crippen LogP contribution in [0.2, 0.25) is 0 Å². The van der Waals surface area contributed by atoms with Crippen LogP contribution >= 0.6 is 11.8 Å². The molecule has 0 saturated heterocycles. The standard InChI is InChI=1S/C21H26N2O2S/c1-4-17(18-8-6-5-7-9-18)14-22-21(25)15(2)26-20-12-10-19(11-13-20)23-16(3)24/h5-13,15,17H,4,14H2,1-3H3,(H,22,25)(H,23,24)/t15-,17-/m0/s1. The van der Waals surface area contributed by atoms with Crippen molar-refractivity contribution in [3.05, 3.63) is 60.2 Å². The van der Waals surface area contributed by atoms with Crippen molar-refractivity contribution >= 4 is 29.3 Å². The second-order valence-electron chi connectivity index (χ2n) is 6.23. The van der Waals surface area contributed by atoms with Gasteiger partial charge in [0.1, 0.15) is 0 Å². The largest absolute Gasteiger partial charge is 0.355 e. The summed E-state index contributed by atoms with van der Waals surface area (Å²) in [5.41, 5.74) is 2.01. The van der Waals surface area contributed by atoms with Crippen molar-refractivity contribution in [3.8, 4) is 0 Å². The maximum atomic E-state index is 12.4. The van der Waals surface area contributed by atoms with Crippen LogP contribution in [0.5, 0.6) is 0 Å². The summed E-state index contributed by atoms with van der Waals surface area (Å²) in [6.45, 7) is 6.17. The molecule has 0 heterocycles. The lowest BCUT2D eigenvalue weighted by molar-refractivity contribution is -0.120. The average molecular weight is 371 g/mol. The lowest BCUT2D eigenvalue weighted by atomic mass is 9.96. The lowest BCUT2D eigenvalue weighted by Crippen LogP contribution is -2.34. The van der Waals surface area contributed by atoms with Gasteiger partial charge in [0.2, 0.25) is 11.8 Å². The van der Waals surface area contributed by atoms with Gasteiger partial charge in [0, 0.05) is 30.0 Å². The van der Waals surface area contributed by atoms with Crippen molar-refractivity contribution in [3.63, 3.8) is 0 Å². The summed E-state index contributed by atoms with van der Waals surface area (Å²) in [7, 11) is 0. The number of benzene rings is 2. The molecule has 4 nitrogen and oxygen atoms in total. The normalized spacial score (nSPS) is 12.9. The zero-order valence-electron chi connectivity index (χ0n) is 15.5. The van der Waals surface area contributed by atoms with E-state index in [1.807, 2.05) is 49.4 Å². The molecule has 0 fully saturated rings. The summed E-state index contributed by atoms with van der Waals surface area (Å²) in [6.07, 6.45) is 0.983. The highest BCUT2D eigenvalue weighted by Gasteiger charge is 2.16. The van der Waals surface area contributed by atoms with Crippen molar-refractivity contribution in [1.29, 1.82) is 0 Å². The first-order valence-electron chi connectivity index (χ1n) is 8.86. The van der Waals surface area contributed by atoms with E-state index >= 15 is 0 Å². The van der Waals surface area contributed by atoms with Gasteiger partial charge < -0.3 is 10.6 Å². The van der Waals surface area contributed by atoms with E-state index in [1.165, 1.54) is 24.2 Å². The SMILES string of the molecule is CC[C@@H](CNC(=O)[C@H](C)Sc1ccc(NC(C)=O)cc1)c1ccccc1. The van der Waals surface area contributed by atoms with E-state index in [2.05, 4.69) is 29.7 Å². The first-order chi connectivity index (χ1) is 12.5. The van der Waals surface area contributed by atoms with Crippen molar-refractivity contribution in [2.75, 3.05) is 11.9 Å². The van der Waals surface area contributed by atoms with E-state index in [1.54, 1.807) is 0 Å². The van der Waals surface area contributed by atoms with Gasteiger partial charge in [0.25, 0.3) is 0 Å². The number of hydrogen-bond donors (Lipinski definition) is 2. The number of hydrogen-bond acceptors (Lipinski definition) is 3. The zero-order chi connectivity index (χ0) is 18.9. The third-order valence-electron chi connectivity index (χ3n) is 4.14. The highest BCUT2D eigenvalue weighted by molar-refractivity contribution is 8.00. The minimum absolute atomic E-state index is 0.0373. The topological polar surface area (TPSA) is 58.2 Å². The minimum atomic E-state index is -0.185. The van der Waals surface area contributed by atoms with E-state index in [0.717, 1.165) is 17.0 Å². The van der Waals surface area contributed by atoms with Gasteiger partial charge in [-0.1, -0.05) is 37.3 Å². The van der Waals surface area contributed by atoms with E-state index in [4.69, 9.17) is 0 Å². The van der Waals surface area contributed by atoms with Gasteiger partial charge in [0.15, 0.2) is 0 Å². The third-order valence-corrected chi connectivity index (χ3v) is 5.26. The van der Waals surface area contributed by atoms with Crippen LogP contribution in [0.3, 0.4) is 0 Å². The molecule has 0 bridgehead atoms. The van der Waals surface area contributed by atoms with Gasteiger partial charge in [0.05, 0.1) is 5.25 Å². The third kappa shape index (κ3) is 6.23. The summed E-state index contributed by atoms with van der Waals surface area (Å²) in [4.78, 5) is 24.5. The Bertz CT molecular complexity index is 717. The van der Waals surface area contributed by atoms with Crippen molar-refractivity contribution in [2.45, 2.75) is 43.3 Å². The fourth-order valence-corrected chi connectivity index (χ4v) is 3.56. The summed E-state index contributed by atoms with van der Waals surface area (Å²) in [5.74, 6) is 0.270. The maximum absolute atomic E-state index is 12.4. The summed E-state index contributed by atoms with van der Waals surface area (Å²) >= 11 is 1.51. The molecule has 0 saturated carbocycles. The predicted octanol–water partition coefficient (Wildman–Crippen LogP) is 4.44. The van der Waals surface area contributed by atoms with E-state index < -0.39 is 0 Å². The molecule has 0 spiro atoms. The molecule has 0 unspecified atom stereocenters. The maximum Gasteiger partial charge on any atom is 0.233 e. The highest BCUT2D eigenvalue weighted by atomic mass is 32.2. The Morgan fingerprint density at radius 1 is 1.04 bits per heavy atom. The molecule has 2 rings (SSSR count). The van der Waals surface area contributed by atoms with Gasteiger partial charge in [-0.15, -0.1) is 11.8 Å². The van der Waals surface area contributed by atoms with Gasteiger partial charge in [-0.05, 0) is 43.2 Å². The number of carbonyl (C=O) groups excluding carboxylic acids is 2. The molecular weight excluding hydrogens is 344 g/mol. The van der Waals surface area contributed by atoms with Gasteiger partial charge >= 0.3 is 0 Å². The minimum Gasteiger partial charge on any atom is -0.355 e. The molecule has 2 amide bonds. The molecular formula is C21H26N2O2S. The van der Waals surface area contributed by atoms with Crippen LogP contribution in [0.15, 0.2) is 59.5 Å². The fraction of sp³-hybridized carbons (Fsp3) is 0.333. The smallest absolute Gasteiger partial charge is 0.233 e. The highest BCUT2D eigenvalue weighted by Crippen LogP contribution is 2.25. The Hall–Kier alpha value is -2.27. The number of anilines is 1. The molecule has 5 heteroatoms. The molecule has 0 aliphatic carbocycles. The molecule has 0 aliphatic heterocycles. The molecule has 0 aromatic heterocycles. The number of nitrogens with one attached hydrogen (secondary N) is 2. The number of thioether (sulfide) groups is 1. The second kappa shape index (κ2) is 10.0. The second-order valence-corrected chi connectivity index (χ2v) is 7.64. The van der Waals surface area contributed by atoms with Crippen LogP contribution in [0, 0.1) is 0 Å². The summed E-state index contributed by atoms with van der Waals surface area (Å²) in [6, 6.07) is 17.8. The van der Waals surface area contributed by atoms with Crippen molar-refractivity contribution < 1.29 is 9.59 Å². The number of rotatable bonds is 8. The summed E-state index contributed by atoms with van der Waals surface area (Å²) in [5, 5.41) is 5.62. The van der Waals surface area contributed by atoms with Crippen LogP contribution in [0.4, 0.5) is 5.69 Å². The Morgan fingerprint density at radius 2 is 1.69 bits per heavy atom. The Balaban J connectivity index is 1.86. The lowest BCUT2D eigenvalue weighted by Gasteiger charge is -2.18. The molecule has 26 heavy (non-hydrogen) atoms. The van der Waals surface area contributed by atoms with Gasteiger partial charge in [-0.25, -0.2) is 0 Å². The molecule has 2 aromatic rings. The molecule has 2 aromatic carbocycles. The van der Waals surface area contributed by atoms with Crippen molar-refractivity contribution in [2.24, 2.45) is 0 Å². The quantitative estimate of drug-likeness (QED) is 0.676. The summed E-state index contributed by atoms with van der Waals surface area (Å²) < 4.78 is 0. The average Bonchev–Trinajstić information content (AvgIpc) is 2.64. The van der Waals surface area contributed by atoms with Crippen LogP contribution < -0.4 is 10.6 Å². The Kier molecular flexibility index (Phi) is 7.73. The fourth-order valence-electron chi connectivity index (χ4n) is 2.67. The van der Waals surface area contributed by atoms with E-state index in [9.17, 15) is 9.59 Å². The molecule has 2 N–H and O–H groups in total. The van der Waals surface area contributed by atoms with Gasteiger partial charge in [-0.3, -0.25) is 9.59 Å². The first-order valence-corrected chi connectivity index (χ1v) is 9.74. The van der Waals surface area contributed by atoms with Crippen LogP contribution in [-0.2, 0) is 9.59 Å². The number of carbonyl (C=O) groups is 2. The Labute approximate surface area is 159 Å². The molecule has 138 valence electrons. The molecule has 0 radical (unpaired) electrons. The first kappa shape index (κ1) is 20.0. The van der Waals surface area contributed by atoms with Gasteiger partial charge in [-0.2, -0.15) is 0 Å². The predicted molar refractivity (Wildman–Crippen MR) is 109 cm³/mol. The monoisotopic (exact) mass is 370 g/mol.